The van der Waals surface area contributed by atoms with Gasteiger partial charge >= 0.3 is 0 Å². The molecule has 182 valence electrons. The maximum atomic E-state index is 14.1. The summed E-state index contributed by atoms with van der Waals surface area (Å²) in [4.78, 5) is 30.7. The first kappa shape index (κ1) is 23.5. The number of carbonyl (C=O) groups excluding carboxylic acids is 2. The van der Waals surface area contributed by atoms with E-state index in [9.17, 15) is 19.2 Å². The van der Waals surface area contributed by atoms with Crippen LogP contribution in [0.3, 0.4) is 0 Å². The molecule has 0 saturated carbocycles. The van der Waals surface area contributed by atoms with Gasteiger partial charge in [0.05, 0.1) is 23.1 Å². The lowest BCUT2D eigenvalue weighted by atomic mass is 9.80. The quantitative estimate of drug-likeness (QED) is 0.696. The summed E-state index contributed by atoms with van der Waals surface area (Å²) in [6.45, 7) is 9.03. The van der Waals surface area contributed by atoms with Gasteiger partial charge in [0.15, 0.2) is 0 Å². The molecule has 3 aliphatic heterocycles. The van der Waals surface area contributed by atoms with Crippen LogP contribution in [0.25, 0.3) is 0 Å². The molecule has 3 heterocycles. The van der Waals surface area contributed by atoms with Crippen molar-refractivity contribution < 1.29 is 14.0 Å². The average Bonchev–Trinajstić information content (AvgIpc) is 3.36. The summed E-state index contributed by atoms with van der Waals surface area (Å²) >= 11 is 0. The summed E-state index contributed by atoms with van der Waals surface area (Å²) in [6.07, 6.45) is 1.15. The monoisotopic (exact) mass is 474 g/mol. The van der Waals surface area contributed by atoms with Gasteiger partial charge in [-0.2, -0.15) is 5.26 Å². The van der Waals surface area contributed by atoms with Crippen molar-refractivity contribution >= 4 is 17.5 Å². The topological polar surface area (TPSA) is 76.4 Å². The van der Waals surface area contributed by atoms with Crippen LogP contribution in [0.2, 0.25) is 0 Å². The Balaban J connectivity index is 1.49. The third-order valence-electron chi connectivity index (χ3n) is 7.98. The lowest BCUT2D eigenvalue weighted by Gasteiger charge is -2.42. The number of rotatable bonds is 5. The van der Waals surface area contributed by atoms with E-state index in [1.807, 2.05) is 43.0 Å². The zero-order valence-electron chi connectivity index (χ0n) is 20.6. The summed E-state index contributed by atoms with van der Waals surface area (Å²) < 4.78 is 14.1. The predicted molar refractivity (Wildman–Crippen MR) is 131 cm³/mol. The fourth-order valence-corrected chi connectivity index (χ4v) is 6.45. The molecular weight excluding hydrogens is 443 g/mol. The van der Waals surface area contributed by atoms with Crippen molar-refractivity contribution in [2.45, 2.75) is 63.6 Å². The lowest BCUT2D eigenvalue weighted by Crippen LogP contribution is -2.52. The second kappa shape index (κ2) is 8.17. The largest absolute Gasteiger partial charge is 0.325 e. The molecule has 3 atom stereocenters. The van der Waals surface area contributed by atoms with Crippen LogP contribution in [0, 0.1) is 23.1 Å². The summed E-state index contributed by atoms with van der Waals surface area (Å²) in [5, 5.41) is 13.1. The molecule has 2 aromatic carbocycles. The third kappa shape index (κ3) is 3.54. The van der Waals surface area contributed by atoms with Crippen molar-refractivity contribution in [3.63, 3.8) is 0 Å². The lowest BCUT2D eigenvalue weighted by molar-refractivity contribution is -0.120. The normalized spacial score (nSPS) is 25.6. The van der Waals surface area contributed by atoms with E-state index in [4.69, 9.17) is 0 Å². The van der Waals surface area contributed by atoms with Gasteiger partial charge in [-0.25, -0.2) is 4.39 Å². The van der Waals surface area contributed by atoms with E-state index >= 15 is 0 Å². The number of para-hydroxylation sites is 1. The van der Waals surface area contributed by atoms with E-state index in [1.165, 1.54) is 12.1 Å². The van der Waals surface area contributed by atoms with Crippen molar-refractivity contribution in [2.75, 3.05) is 18.4 Å². The van der Waals surface area contributed by atoms with Gasteiger partial charge in [-0.3, -0.25) is 14.5 Å². The molecule has 2 amide bonds. The number of carbonyl (C=O) groups is 2. The Morgan fingerprint density at radius 2 is 1.91 bits per heavy atom. The van der Waals surface area contributed by atoms with E-state index in [2.05, 4.69) is 30.1 Å². The Morgan fingerprint density at radius 1 is 1.17 bits per heavy atom. The molecule has 1 spiro atoms. The number of hydrogen-bond donors (Lipinski definition) is 1. The van der Waals surface area contributed by atoms with Gasteiger partial charge in [-0.1, -0.05) is 32.0 Å². The maximum absolute atomic E-state index is 14.1. The number of halogens is 1. The highest BCUT2D eigenvalue weighted by atomic mass is 19.1. The zero-order valence-corrected chi connectivity index (χ0v) is 20.6. The summed E-state index contributed by atoms with van der Waals surface area (Å²) in [5.74, 6) is -0.232. The highest BCUT2D eigenvalue weighted by Crippen LogP contribution is 2.47. The Bertz CT molecular complexity index is 1250. The van der Waals surface area contributed by atoms with E-state index in [0.29, 0.717) is 36.6 Å². The minimum atomic E-state index is -0.768. The van der Waals surface area contributed by atoms with Gasteiger partial charge in [-0.05, 0) is 68.0 Å². The summed E-state index contributed by atoms with van der Waals surface area (Å²) in [6, 6.07) is 13.8. The molecule has 3 aliphatic rings. The van der Waals surface area contributed by atoms with Crippen molar-refractivity contribution in [3.05, 3.63) is 65.0 Å². The molecule has 35 heavy (non-hydrogen) atoms. The van der Waals surface area contributed by atoms with Gasteiger partial charge in [0.2, 0.25) is 5.91 Å². The van der Waals surface area contributed by atoms with Crippen molar-refractivity contribution in [2.24, 2.45) is 5.92 Å². The van der Waals surface area contributed by atoms with Crippen LogP contribution in [0.1, 0.15) is 62.0 Å². The summed E-state index contributed by atoms with van der Waals surface area (Å²) in [5.41, 5.74) is 1.51. The van der Waals surface area contributed by atoms with Crippen LogP contribution in [0.15, 0.2) is 42.5 Å². The van der Waals surface area contributed by atoms with Crippen LogP contribution >= 0.6 is 0 Å². The summed E-state index contributed by atoms with van der Waals surface area (Å²) in [7, 11) is 0. The number of hydrogen-bond acceptors (Lipinski definition) is 4. The second-order valence-electron chi connectivity index (χ2n) is 11.1. The standard InChI is InChI=1S/C28H31FN4O2/c1-17(2)11-19(33-25(34)21-10-9-18(29)12-23(21)27(33,3)4)15-32-16-28(13-20(32)14-30)22-7-5-6-8-24(22)31-26(28)35/h5-10,12,17,19-20H,11,13,15-16H2,1-4H3,(H,31,35)/t19-,20-,28-/m0/s1. The van der Waals surface area contributed by atoms with Gasteiger partial charge in [0, 0.05) is 30.4 Å². The fourth-order valence-electron chi connectivity index (χ4n) is 6.45. The average molecular weight is 475 g/mol. The molecule has 6 nitrogen and oxygen atoms in total. The van der Waals surface area contributed by atoms with Gasteiger partial charge in [0.1, 0.15) is 5.82 Å². The molecule has 1 saturated heterocycles. The first-order valence-electron chi connectivity index (χ1n) is 12.3. The minimum Gasteiger partial charge on any atom is -0.325 e. The SMILES string of the molecule is CC(C)C[C@@H](CN1C[C@]2(C[C@H]1C#N)C(=O)Nc1ccccc12)N1C(=O)c2ccc(F)cc2C1(C)C. The van der Waals surface area contributed by atoms with Crippen molar-refractivity contribution in [3.8, 4) is 6.07 Å². The number of anilines is 1. The van der Waals surface area contributed by atoms with Crippen LogP contribution < -0.4 is 5.32 Å². The number of likely N-dealkylation sites (tertiary alicyclic amines) is 1. The Labute approximate surface area is 205 Å². The number of benzene rings is 2. The maximum Gasteiger partial charge on any atom is 0.255 e. The number of nitrogens with zero attached hydrogens (tertiary/aromatic N) is 3. The highest BCUT2D eigenvalue weighted by Gasteiger charge is 2.56. The number of nitrogens with one attached hydrogen (secondary N) is 1. The Kier molecular flexibility index (Phi) is 5.48. The number of fused-ring (bicyclic) bond motifs is 3. The molecule has 1 fully saturated rings. The predicted octanol–water partition coefficient (Wildman–Crippen LogP) is 4.42. The van der Waals surface area contributed by atoms with E-state index in [0.717, 1.165) is 17.7 Å². The first-order valence-corrected chi connectivity index (χ1v) is 12.3. The van der Waals surface area contributed by atoms with Crippen LogP contribution in [0.4, 0.5) is 10.1 Å². The van der Waals surface area contributed by atoms with Gasteiger partial charge < -0.3 is 10.2 Å². The minimum absolute atomic E-state index is 0.0673. The molecular formula is C28H31FN4O2. The molecule has 0 aliphatic carbocycles. The van der Waals surface area contributed by atoms with E-state index in [-0.39, 0.29) is 23.7 Å². The van der Waals surface area contributed by atoms with Crippen LogP contribution in [0.5, 0.6) is 0 Å². The Hall–Kier alpha value is -3.24. The first-order chi connectivity index (χ1) is 16.6. The molecule has 0 unspecified atom stereocenters. The molecule has 5 rings (SSSR count). The second-order valence-corrected chi connectivity index (χ2v) is 11.1. The van der Waals surface area contributed by atoms with Gasteiger partial charge in [-0.15, -0.1) is 0 Å². The molecule has 0 aromatic heterocycles. The number of amides is 2. The molecule has 0 bridgehead atoms. The van der Waals surface area contributed by atoms with Crippen molar-refractivity contribution in [1.82, 2.24) is 9.80 Å². The van der Waals surface area contributed by atoms with E-state index in [1.54, 1.807) is 6.07 Å². The van der Waals surface area contributed by atoms with E-state index < -0.39 is 17.0 Å². The van der Waals surface area contributed by atoms with Crippen molar-refractivity contribution in [1.29, 1.82) is 5.26 Å². The van der Waals surface area contributed by atoms with Crippen LogP contribution in [-0.2, 0) is 15.7 Å². The fraction of sp³-hybridized carbons (Fsp3) is 0.464. The van der Waals surface area contributed by atoms with Crippen LogP contribution in [-0.4, -0.2) is 46.8 Å². The highest BCUT2D eigenvalue weighted by molar-refractivity contribution is 6.06. The molecule has 7 heteroatoms. The zero-order chi connectivity index (χ0) is 25.1. The third-order valence-corrected chi connectivity index (χ3v) is 7.98. The number of nitriles is 1. The van der Waals surface area contributed by atoms with Gasteiger partial charge in [0.25, 0.3) is 5.91 Å². The molecule has 0 radical (unpaired) electrons. The Morgan fingerprint density at radius 3 is 2.63 bits per heavy atom. The smallest absolute Gasteiger partial charge is 0.255 e. The molecule has 2 aromatic rings. The molecule has 1 N–H and O–H groups in total.